The number of fused-ring (bicyclic) bond motifs is 1. The van der Waals surface area contributed by atoms with Gasteiger partial charge in [0.05, 0.1) is 6.54 Å². The number of urea groups is 1. The van der Waals surface area contributed by atoms with Crippen molar-refractivity contribution in [1.29, 1.82) is 0 Å². The Morgan fingerprint density at radius 3 is 2.57 bits per heavy atom. The van der Waals surface area contributed by atoms with Gasteiger partial charge in [-0.1, -0.05) is 18.2 Å². The highest BCUT2D eigenvalue weighted by atomic mass is 16.6. The van der Waals surface area contributed by atoms with E-state index in [9.17, 15) is 4.79 Å². The summed E-state index contributed by atoms with van der Waals surface area (Å²) in [5.74, 6) is 1.45. The Morgan fingerprint density at radius 2 is 1.83 bits per heavy atom. The fraction of sp³-hybridized carbons (Fsp3) is 0.278. The number of nitrogens with one attached hydrogen (secondary N) is 2. The maximum Gasteiger partial charge on any atom is 0.319 e. The normalized spacial score (nSPS) is 15.8. The van der Waals surface area contributed by atoms with Crippen LogP contribution in [0.15, 0.2) is 42.5 Å². The van der Waals surface area contributed by atoms with Crippen molar-refractivity contribution in [3.63, 3.8) is 0 Å². The van der Waals surface area contributed by atoms with Crippen LogP contribution in [0.5, 0.6) is 11.5 Å². The van der Waals surface area contributed by atoms with Gasteiger partial charge in [0.2, 0.25) is 0 Å². The summed E-state index contributed by atoms with van der Waals surface area (Å²) in [4.78, 5) is 12.0. The van der Waals surface area contributed by atoms with Crippen molar-refractivity contribution in [3.05, 3.63) is 53.6 Å². The monoisotopic (exact) mass is 312 g/mol. The summed E-state index contributed by atoms with van der Waals surface area (Å²) in [5, 5.41) is 5.65. The van der Waals surface area contributed by atoms with E-state index in [0.29, 0.717) is 18.9 Å². The van der Waals surface area contributed by atoms with Crippen LogP contribution in [0, 0.1) is 13.8 Å². The third-order valence-electron chi connectivity index (χ3n) is 3.54. The molecule has 5 heteroatoms. The van der Waals surface area contributed by atoms with E-state index in [1.807, 2.05) is 50.2 Å². The smallest absolute Gasteiger partial charge is 0.319 e. The van der Waals surface area contributed by atoms with E-state index in [0.717, 1.165) is 22.6 Å². The number of hydrogen-bond acceptors (Lipinski definition) is 3. The minimum absolute atomic E-state index is 0.199. The number of para-hydroxylation sites is 2. The molecule has 120 valence electrons. The van der Waals surface area contributed by atoms with Gasteiger partial charge >= 0.3 is 6.03 Å². The maximum atomic E-state index is 12.0. The van der Waals surface area contributed by atoms with Crippen molar-refractivity contribution in [2.45, 2.75) is 20.0 Å². The highest BCUT2D eigenvalue weighted by Crippen LogP contribution is 2.30. The van der Waals surface area contributed by atoms with Gasteiger partial charge in [0.25, 0.3) is 0 Å². The first-order valence-electron chi connectivity index (χ1n) is 7.62. The molecule has 0 aliphatic carbocycles. The van der Waals surface area contributed by atoms with E-state index in [1.165, 1.54) is 0 Å². The molecule has 2 aromatic carbocycles. The molecule has 0 saturated heterocycles. The SMILES string of the molecule is Cc1cc(C)cc(NC(=O)NC[C@H]2COc3ccccc3O2)c1. The minimum Gasteiger partial charge on any atom is -0.486 e. The fourth-order valence-corrected chi connectivity index (χ4v) is 2.59. The molecule has 1 aliphatic heterocycles. The van der Waals surface area contributed by atoms with Crippen LogP contribution < -0.4 is 20.1 Å². The van der Waals surface area contributed by atoms with Crippen molar-refractivity contribution < 1.29 is 14.3 Å². The first-order chi connectivity index (χ1) is 11.1. The number of aryl methyl sites for hydroxylation is 2. The second kappa shape index (κ2) is 6.60. The molecule has 5 nitrogen and oxygen atoms in total. The quantitative estimate of drug-likeness (QED) is 0.914. The molecule has 0 aromatic heterocycles. The largest absolute Gasteiger partial charge is 0.486 e. The van der Waals surface area contributed by atoms with Crippen LogP contribution in [-0.2, 0) is 0 Å². The lowest BCUT2D eigenvalue weighted by molar-refractivity contribution is 0.0922. The Bertz CT molecular complexity index is 695. The van der Waals surface area contributed by atoms with Crippen molar-refractivity contribution >= 4 is 11.7 Å². The molecule has 0 spiro atoms. The third kappa shape index (κ3) is 3.94. The first-order valence-corrected chi connectivity index (χ1v) is 7.62. The van der Waals surface area contributed by atoms with Crippen molar-refractivity contribution in [2.24, 2.45) is 0 Å². The molecule has 3 rings (SSSR count). The van der Waals surface area contributed by atoms with Crippen molar-refractivity contribution in [2.75, 3.05) is 18.5 Å². The molecule has 1 aliphatic rings. The van der Waals surface area contributed by atoms with E-state index in [1.54, 1.807) is 0 Å². The third-order valence-corrected chi connectivity index (χ3v) is 3.54. The van der Waals surface area contributed by atoms with Crippen LogP contribution in [-0.4, -0.2) is 25.3 Å². The van der Waals surface area contributed by atoms with Crippen LogP contribution in [0.25, 0.3) is 0 Å². The van der Waals surface area contributed by atoms with E-state index >= 15 is 0 Å². The predicted molar refractivity (Wildman–Crippen MR) is 89.3 cm³/mol. The molecule has 2 aromatic rings. The summed E-state index contributed by atoms with van der Waals surface area (Å²) in [7, 11) is 0. The second-order valence-electron chi connectivity index (χ2n) is 5.71. The molecule has 0 unspecified atom stereocenters. The second-order valence-corrected chi connectivity index (χ2v) is 5.71. The molecule has 0 fully saturated rings. The Kier molecular flexibility index (Phi) is 4.37. The van der Waals surface area contributed by atoms with Gasteiger partial charge in [-0.3, -0.25) is 0 Å². The number of anilines is 1. The number of carbonyl (C=O) groups is 1. The lowest BCUT2D eigenvalue weighted by atomic mass is 10.1. The molecule has 0 bridgehead atoms. The van der Waals surface area contributed by atoms with Gasteiger partial charge < -0.3 is 20.1 Å². The molecule has 2 N–H and O–H groups in total. The average Bonchev–Trinajstić information content (AvgIpc) is 2.52. The number of rotatable bonds is 3. The van der Waals surface area contributed by atoms with Crippen LogP contribution >= 0.6 is 0 Å². The molecule has 23 heavy (non-hydrogen) atoms. The number of amides is 2. The van der Waals surface area contributed by atoms with Crippen molar-refractivity contribution in [1.82, 2.24) is 5.32 Å². The zero-order valence-corrected chi connectivity index (χ0v) is 13.3. The Labute approximate surface area is 135 Å². The van der Waals surface area contributed by atoms with E-state index in [4.69, 9.17) is 9.47 Å². The standard InChI is InChI=1S/C18H20N2O3/c1-12-7-13(2)9-14(8-12)20-18(21)19-10-15-11-22-16-5-3-4-6-17(16)23-15/h3-9,15H,10-11H2,1-2H3,(H2,19,20,21)/t15-/m0/s1. The Balaban J connectivity index is 1.52. The fourth-order valence-electron chi connectivity index (χ4n) is 2.59. The van der Waals surface area contributed by atoms with Crippen LogP contribution in [0.1, 0.15) is 11.1 Å². The molecular weight excluding hydrogens is 292 g/mol. The summed E-state index contributed by atoms with van der Waals surface area (Å²) in [5.41, 5.74) is 3.01. The average molecular weight is 312 g/mol. The van der Waals surface area contributed by atoms with E-state index < -0.39 is 0 Å². The van der Waals surface area contributed by atoms with Crippen LogP contribution in [0.4, 0.5) is 10.5 Å². The summed E-state index contributed by atoms with van der Waals surface area (Å²) in [6, 6.07) is 13.2. The summed E-state index contributed by atoms with van der Waals surface area (Å²) in [6.45, 7) is 4.80. The van der Waals surface area contributed by atoms with Gasteiger partial charge in [0.1, 0.15) is 6.61 Å². The zero-order chi connectivity index (χ0) is 16.2. The Morgan fingerprint density at radius 1 is 1.13 bits per heavy atom. The highest BCUT2D eigenvalue weighted by Gasteiger charge is 2.20. The molecular formula is C18H20N2O3. The van der Waals surface area contributed by atoms with Gasteiger partial charge in [-0.05, 0) is 49.2 Å². The molecule has 0 saturated carbocycles. The van der Waals surface area contributed by atoms with Gasteiger partial charge in [0.15, 0.2) is 17.6 Å². The zero-order valence-electron chi connectivity index (χ0n) is 13.3. The Hall–Kier alpha value is -2.69. The van der Waals surface area contributed by atoms with Crippen LogP contribution in [0.3, 0.4) is 0 Å². The summed E-state index contributed by atoms with van der Waals surface area (Å²) >= 11 is 0. The molecule has 2 amide bonds. The predicted octanol–water partition coefficient (Wildman–Crippen LogP) is 3.26. The highest BCUT2D eigenvalue weighted by molar-refractivity contribution is 5.89. The number of ether oxygens (including phenoxy) is 2. The van der Waals surface area contributed by atoms with E-state index in [2.05, 4.69) is 16.7 Å². The summed E-state index contributed by atoms with van der Waals surface area (Å²) in [6.07, 6.45) is -0.199. The summed E-state index contributed by atoms with van der Waals surface area (Å²) < 4.78 is 11.4. The van der Waals surface area contributed by atoms with Crippen molar-refractivity contribution in [3.8, 4) is 11.5 Å². The number of benzene rings is 2. The van der Waals surface area contributed by atoms with Gasteiger partial charge in [-0.15, -0.1) is 0 Å². The van der Waals surface area contributed by atoms with Gasteiger partial charge in [0, 0.05) is 5.69 Å². The maximum absolute atomic E-state index is 12.0. The van der Waals surface area contributed by atoms with Gasteiger partial charge in [-0.2, -0.15) is 0 Å². The minimum atomic E-state index is -0.252. The lowest BCUT2D eigenvalue weighted by Crippen LogP contribution is -2.42. The van der Waals surface area contributed by atoms with Gasteiger partial charge in [-0.25, -0.2) is 4.79 Å². The first kappa shape index (κ1) is 15.2. The van der Waals surface area contributed by atoms with E-state index in [-0.39, 0.29) is 12.1 Å². The molecule has 0 radical (unpaired) electrons. The molecule has 1 heterocycles. The topological polar surface area (TPSA) is 59.6 Å². The lowest BCUT2D eigenvalue weighted by Gasteiger charge is -2.26. The number of hydrogen-bond donors (Lipinski definition) is 2. The number of carbonyl (C=O) groups excluding carboxylic acids is 1. The molecule has 1 atom stereocenters. The van der Waals surface area contributed by atoms with Crippen LogP contribution in [0.2, 0.25) is 0 Å².